The summed E-state index contributed by atoms with van der Waals surface area (Å²) in [6.45, 7) is 0.901. The van der Waals surface area contributed by atoms with Crippen LogP contribution in [0.2, 0.25) is 5.02 Å². The zero-order chi connectivity index (χ0) is 19.9. The van der Waals surface area contributed by atoms with E-state index in [2.05, 4.69) is 0 Å². The van der Waals surface area contributed by atoms with E-state index in [4.69, 9.17) is 21.1 Å². The molecule has 0 atom stereocenters. The fourth-order valence-corrected chi connectivity index (χ4v) is 2.96. The smallest absolute Gasteiger partial charge is 0.253 e. The van der Waals surface area contributed by atoms with Crippen molar-refractivity contribution >= 4 is 17.5 Å². The van der Waals surface area contributed by atoms with Gasteiger partial charge in [-0.1, -0.05) is 41.9 Å². The van der Waals surface area contributed by atoms with Gasteiger partial charge < -0.3 is 14.4 Å². The topological polar surface area (TPSA) is 38.8 Å². The summed E-state index contributed by atoms with van der Waals surface area (Å²) in [5.74, 6) is 1.44. The van der Waals surface area contributed by atoms with Crippen LogP contribution in [-0.2, 0) is 13.2 Å². The number of carbonyl (C=O) groups is 1. The highest BCUT2D eigenvalue weighted by atomic mass is 35.5. The van der Waals surface area contributed by atoms with Gasteiger partial charge in [0.25, 0.3) is 5.91 Å². The molecular weight excluding hydrogens is 374 g/mol. The van der Waals surface area contributed by atoms with Crippen molar-refractivity contribution in [1.82, 2.24) is 4.90 Å². The molecule has 144 valence electrons. The molecule has 3 aromatic rings. The van der Waals surface area contributed by atoms with Crippen molar-refractivity contribution in [2.45, 2.75) is 13.2 Å². The Morgan fingerprint density at radius 3 is 2.21 bits per heavy atom. The fourth-order valence-electron chi connectivity index (χ4n) is 2.77. The van der Waals surface area contributed by atoms with Gasteiger partial charge in [0.1, 0.15) is 18.1 Å². The highest BCUT2D eigenvalue weighted by Crippen LogP contribution is 2.20. The van der Waals surface area contributed by atoms with Gasteiger partial charge in [0.05, 0.1) is 7.11 Å². The van der Waals surface area contributed by atoms with E-state index in [-0.39, 0.29) is 5.91 Å². The summed E-state index contributed by atoms with van der Waals surface area (Å²) in [5, 5.41) is 0.675. The van der Waals surface area contributed by atoms with E-state index < -0.39 is 0 Å². The third-order valence-corrected chi connectivity index (χ3v) is 4.75. The molecule has 0 aliphatic rings. The van der Waals surface area contributed by atoms with E-state index in [9.17, 15) is 4.79 Å². The second-order valence-electron chi connectivity index (χ2n) is 6.41. The molecule has 0 saturated heterocycles. The van der Waals surface area contributed by atoms with Gasteiger partial charge in [-0.3, -0.25) is 4.79 Å². The molecule has 0 radical (unpaired) electrons. The number of hydrogen-bond acceptors (Lipinski definition) is 3. The summed E-state index contributed by atoms with van der Waals surface area (Å²) < 4.78 is 10.9. The Hall–Kier alpha value is -2.98. The van der Waals surface area contributed by atoms with Crippen LogP contribution in [0.4, 0.5) is 0 Å². The molecule has 1 amide bonds. The predicted molar refractivity (Wildman–Crippen MR) is 111 cm³/mol. The van der Waals surface area contributed by atoms with Crippen molar-refractivity contribution in [3.63, 3.8) is 0 Å². The Bertz CT molecular complexity index is 923. The first-order valence-corrected chi connectivity index (χ1v) is 9.29. The number of carbonyl (C=O) groups excluding carboxylic acids is 1. The number of rotatable bonds is 7. The van der Waals surface area contributed by atoms with Gasteiger partial charge in [-0.2, -0.15) is 0 Å². The number of amides is 1. The van der Waals surface area contributed by atoms with Crippen molar-refractivity contribution in [1.29, 1.82) is 0 Å². The SMILES string of the molecule is COc1ccc(CN(C)C(=O)c2ccc(OCc3ccccc3Cl)cc2)cc1. The number of methoxy groups -OCH3 is 1. The Morgan fingerprint density at radius 1 is 0.929 bits per heavy atom. The number of benzene rings is 3. The first-order valence-electron chi connectivity index (χ1n) is 8.91. The molecule has 28 heavy (non-hydrogen) atoms. The van der Waals surface area contributed by atoms with Gasteiger partial charge in [0.2, 0.25) is 0 Å². The monoisotopic (exact) mass is 395 g/mol. The number of hydrogen-bond donors (Lipinski definition) is 0. The molecule has 0 heterocycles. The highest BCUT2D eigenvalue weighted by molar-refractivity contribution is 6.31. The summed E-state index contributed by atoms with van der Waals surface area (Å²) in [6.07, 6.45) is 0. The van der Waals surface area contributed by atoms with Crippen molar-refractivity contribution in [2.75, 3.05) is 14.2 Å². The third-order valence-electron chi connectivity index (χ3n) is 4.38. The lowest BCUT2D eigenvalue weighted by molar-refractivity contribution is 0.0785. The number of nitrogens with zero attached hydrogens (tertiary/aromatic N) is 1. The van der Waals surface area contributed by atoms with E-state index in [1.54, 1.807) is 43.3 Å². The molecule has 0 spiro atoms. The Morgan fingerprint density at radius 2 is 1.57 bits per heavy atom. The van der Waals surface area contributed by atoms with Crippen molar-refractivity contribution in [2.24, 2.45) is 0 Å². The van der Waals surface area contributed by atoms with E-state index in [0.717, 1.165) is 16.9 Å². The Labute approximate surface area is 170 Å². The molecule has 0 aliphatic heterocycles. The van der Waals surface area contributed by atoms with E-state index in [0.29, 0.717) is 29.5 Å². The van der Waals surface area contributed by atoms with Crippen LogP contribution in [0.3, 0.4) is 0 Å². The summed E-state index contributed by atoms with van der Waals surface area (Å²) in [5.41, 5.74) is 2.57. The molecule has 0 saturated carbocycles. The Kier molecular flexibility index (Phi) is 6.56. The van der Waals surface area contributed by atoms with Crippen LogP contribution in [0.25, 0.3) is 0 Å². The first kappa shape index (κ1) is 19.8. The number of ether oxygens (including phenoxy) is 2. The van der Waals surface area contributed by atoms with E-state index in [1.165, 1.54) is 0 Å². The van der Waals surface area contributed by atoms with E-state index >= 15 is 0 Å². The molecule has 3 rings (SSSR count). The van der Waals surface area contributed by atoms with Crippen LogP contribution in [0.1, 0.15) is 21.5 Å². The molecule has 0 bridgehead atoms. The third kappa shape index (κ3) is 5.05. The zero-order valence-corrected chi connectivity index (χ0v) is 16.6. The van der Waals surface area contributed by atoms with Crippen molar-refractivity contribution < 1.29 is 14.3 Å². The summed E-state index contributed by atoms with van der Waals surface area (Å²) in [7, 11) is 3.42. The zero-order valence-electron chi connectivity index (χ0n) is 15.9. The lowest BCUT2D eigenvalue weighted by Crippen LogP contribution is -2.26. The molecular formula is C23H22ClNO3. The minimum Gasteiger partial charge on any atom is -0.497 e. The molecule has 0 fully saturated rings. The quantitative estimate of drug-likeness (QED) is 0.552. The second-order valence-corrected chi connectivity index (χ2v) is 6.82. The molecule has 0 aromatic heterocycles. The van der Waals surface area contributed by atoms with Crippen molar-refractivity contribution in [3.8, 4) is 11.5 Å². The first-order chi connectivity index (χ1) is 13.6. The van der Waals surface area contributed by atoms with Crippen LogP contribution in [-0.4, -0.2) is 25.0 Å². The molecule has 3 aromatic carbocycles. The van der Waals surface area contributed by atoms with Gasteiger partial charge >= 0.3 is 0 Å². The van der Waals surface area contributed by atoms with Gasteiger partial charge in [-0.25, -0.2) is 0 Å². The Balaban J connectivity index is 1.58. The van der Waals surface area contributed by atoms with Crippen LogP contribution in [0.15, 0.2) is 72.8 Å². The number of halogens is 1. The van der Waals surface area contributed by atoms with Gasteiger partial charge in [-0.15, -0.1) is 0 Å². The minimum atomic E-state index is -0.0477. The van der Waals surface area contributed by atoms with Crippen LogP contribution < -0.4 is 9.47 Å². The van der Waals surface area contributed by atoms with E-state index in [1.807, 2.05) is 48.5 Å². The molecule has 0 unspecified atom stereocenters. The van der Waals surface area contributed by atoms with Gasteiger partial charge in [0, 0.05) is 29.7 Å². The normalized spacial score (nSPS) is 10.4. The maximum atomic E-state index is 12.7. The van der Waals surface area contributed by atoms with Crippen LogP contribution >= 0.6 is 11.6 Å². The summed E-state index contributed by atoms with van der Waals surface area (Å²) in [6, 6.07) is 22.4. The minimum absolute atomic E-state index is 0.0477. The fraction of sp³-hybridized carbons (Fsp3) is 0.174. The average molecular weight is 396 g/mol. The maximum Gasteiger partial charge on any atom is 0.253 e. The van der Waals surface area contributed by atoms with Crippen LogP contribution in [0.5, 0.6) is 11.5 Å². The van der Waals surface area contributed by atoms with Crippen molar-refractivity contribution in [3.05, 3.63) is 94.5 Å². The molecule has 0 aliphatic carbocycles. The lowest BCUT2D eigenvalue weighted by Gasteiger charge is -2.18. The molecule has 0 N–H and O–H groups in total. The predicted octanol–water partition coefficient (Wildman–Crippen LogP) is 5.20. The van der Waals surface area contributed by atoms with Gasteiger partial charge in [0.15, 0.2) is 0 Å². The second kappa shape index (κ2) is 9.29. The standard InChI is InChI=1S/C23H22ClNO3/c1-25(15-17-7-11-20(27-2)12-8-17)23(26)18-9-13-21(14-10-18)28-16-19-5-3-4-6-22(19)24/h3-14H,15-16H2,1-2H3. The molecule has 4 nitrogen and oxygen atoms in total. The van der Waals surface area contributed by atoms with Crippen LogP contribution in [0, 0.1) is 0 Å². The average Bonchev–Trinajstić information content (AvgIpc) is 2.73. The summed E-state index contributed by atoms with van der Waals surface area (Å²) in [4.78, 5) is 14.3. The lowest BCUT2D eigenvalue weighted by atomic mass is 10.1. The maximum absolute atomic E-state index is 12.7. The van der Waals surface area contributed by atoms with Gasteiger partial charge in [-0.05, 0) is 48.0 Å². The largest absolute Gasteiger partial charge is 0.497 e. The molecule has 5 heteroatoms. The highest BCUT2D eigenvalue weighted by Gasteiger charge is 2.12. The summed E-state index contributed by atoms with van der Waals surface area (Å²) >= 11 is 6.14.